The fourth-order valence-corrected chi connectivity index (χ4v) is 4.27. The number of carbonyl (C=O) groups excluding carboxylic acids is 1. The van der Waals surface area contributed by atoms with Crippen molar-refractivity contribution < 1.29 is 19.0 Å². The van der Waals surface area contributed by atoms with Crippen LogP contribution in [0.1, 0.15) is 38.5 Å². The molecule has 3 atom stereocenters. The van der Waals surface area contributed by atoms with Crippen LogP contribution in [0, 0.1) is 0 Å². The van der Waals surface area contributed by atoms with Gasteiger partial charge in [0, 0.05) is 26.0 Å². The highest BCUT2D eigenvalue weighted by Crippen LogP contribution is 2.40. The largest absolute Gasteiger partial charge is 0.470 e. The number of rotatable bonds is 5. The van der Waals surface area contributed by atoms with E-state index in [1.165, 1.54) is 0 Å². The molecule has 6 nitrogen and oxygen atoms in total. The maximum atomic E-state index is 13.0. The second kappa shape index (κ2) is 6.92. The van der Waals surface area contributed by atoms with Crippen LogP contribution >= 0.6 is 0 Å². The number of amides is 1. The van der Waals surface area contributed by atoms with Crippen molar-refractivity contribution >= 4 is 5.91 Å². The van der Waals surface area contributed by atoms with Crippen LogP contribution in [0.3, 0.4) is 0 Å². The first kappa shape index (κ1) is 16.8. The van der Waals surface area contributed by atoms with E-state index in [1.807, 2.05) is 23.1 Å². The highest BCUT2D eigenvalue weighted by atomic mass is 16.5. The summed E-state index contributed by atoms with van der Waals surface area (Å²) >= 11 is 0. The molecule has 1 aliphatic carbocycles. The maximum Gasteiger partial charge on any atom is 0.225 e. The summed E-state index contributed by atoms with van der Waals surface area (Å²) in [7, 11) is 1.72. The van der Waals surface area contributed by atoms with Crippen LogP contribution in [0.15, 0.2) is 24.4 Å². The van der Waals surface area contributed by atoms with E-state index < -0.39 is 0 Å². The Kier molecular flexibility index (Phi) is 4.65. The van der Waals surface area contributed by atoms with Gasteiger partial charge >= 0.3 is 0 Å². The number of hydrogen-bond donors (Lipinski definition) is 0. The van der Waals surface area contributed by atoms with Gasteiger partial charge in [-0.15, -0.1) is 0 Å². The number of carbonyl (C=O) groups is 1. The average molecular weight is 346 g/mol. The van der Waals surface area contributed by atoms with E-state index in [-0.39, 0.29) is 29.8 Å². The zero-order valence-electron chi connectivity index (χ0n) is 14.7. The highest BCUT2D eigenvalue weighted by molar-refractivity contribution is 5.78. The third-order valence-corrected chi connectivity index (χ3v) is 5.88. The molecule has 1 saturated carbocycles. The Hall–Kier alpha value is -1.66. The fraction of sp³-hybridized carbons (Fsp3) is 0.684. The molecule has 0 radical (unpaired) electrons. The Bertz CT molecular complexity index is 599. The van der Waals surface area contributed by atoms with E-state index in [1.54, 1.807) is 13.3 Å². The highest BCUT2D eigenvalue weighted by Gasteiger charge is 2.49. The van der Waals surface area contributed by atoms with Crippen LogP contribution in [0.25, 0.3) is 0 Å². The van der Waals surface area contributed by atoms with Crippen LogP contribution in [-0.4, -0.2) is 59.9 Å². The predicted octanol–water partition coefficient (Wildman–Crippen LogP) is 2.18. The quantitative estimate of drug-likeness (QED) is 0.818. The molecule has 3 heterocycles. The number of methoxy groups -OCH3 is 1. The first-order valence-corrected chi connectivity index (χ1v) is 9.25. The number of nitrogens with zero attached hydrogens (tertiary/aromatic N) is 2. The minimum Gasteiger partial charge on any atom is -0.470 e. The Morgan fingerprint density at radius 1 is 1.40 bits per heavy atom. The molecule has 25 heavy (non-hydrogen) atoms. The van der Waals surface area contributed by atoms with Crippen molar-refractivity contribution in [2.45, 2.75) is 62.4 Å². The fourth-order valence-electron chi connectivity index (χ4n) is 4.27. The van der Waals surface area contributed by atoms with E-state index in [9.17, 15) is 4.79 Å². The number of aromatic nitrogens is 1. The van der Waals surface area contributed by atoms with Gasteiger partial charge in [0.25, 0.3) is 0 Å². The lowest BCUT2D eigenvalue weighted by atomic mass is 9.77. The van der Waals surface area contributed by atoms with Crippen molar-refractivity contribution in [3.63, 3.8) is 0 Å². The molecule has 136 valence electrons. The molecule has 0 bridgehead atoms. The maximum absolute atomic E-state index is 13.0. The Morgan fingerprint density at radius 2 is 2.28 bits per heavy atom. The Labute approximate surface area is 148 Å². The lowest BCUT2D eigenvalue weighted by Crippen LogP contribution is -2.48. The summed E-state index contributed by atoms with van der Waals surface area (Å²) in [6, 6.07) is 5.71. The zero-order valence-corrected chi connectivity index (χ0v) is 14.7. The number of ether oxygens (including phenoxy) is 3. The van der Waals surface area contributed by atoms with Gasteiger partial charge < -0.3 is 19.1 Å². The normalized spacial score (nSPS) is 30.4. The van der Waals surface area contributed by atoms with Crippen LogP contribution in [-0.2, 0) is 14.3 Å². The molecule has 2 saturated heterocycles. The molecule has 6 heteroatoms. The van der Waals surface area contributed by atoms with Crippen LogP contribution in [0.4, 0.5) is 0 Å². The smallest absolute Gasteiger partial charge is 0.225 e. The summed E-state index contributed by atoms with van der Waals surface area (Å²) in [5, 5.41) is 0. The van der Waals surface area contributed by atoms with Gasteiger partial charge in [-0.05, 0) is 38.2 Å². The van der Waals surface area contributed by atoms with Crippen molar-refractivity contribution in [3.05, 3.63) is 24.4 Å². The Morgan fingerprint density at radius 3 is 2.96 bits per heavy atom. The molecular formula is C19H26N2O4. The van der Waals surface area contributed by atoms with Crippen molar-refractivity contribution in [1.29, 1.82) is 0 Å². The van der Waals surface area contributed by atoms with Crippen molar-refractivity contribution in [1.82, 2.24) is 9.88 Å². The van der Waals surface area contributed by atoms with E-state index >= 15 is 0 Å². The summed E-state index contributed by atoms with van der Waals surface area (Å²) in [5.41, 5.74) is -0.248. The third kappa shape index (κ3) is 3.25. The number of hydrogen-bond acceptors (Lipinski definition) is 5. The molecular weight excluding hydrogens is 320 g/mol. The molecule has 0 unspecified atom stereocenters. The van der Waals surface area contributed by atoms with Crippen molar-refractivity contribution in [2.24, 2.45) is 0 Å². The molecule has 1 aromatic heterocycles. The van der Waals surface area contributed by atoms with E-state index in [4.69, 9.17) is 14.2 Å². The lowest BCUT2D eigenvalue weighted by molar-refractivity contribution is -0.147. The molecule has 4 rings (SSSR count). The summed E-state index contributed by atoms with van der Waals surface area (Å²) < 4.78 is 17.7. The summed E-state index contributed by atoms with van der Waals surface area (Å²) in [4.78, 5) is 19.2. The second-order valence-electron chi connectivity index (χ2n) is 7.33. The number of likely N-dealkylation sites (tertiary alicyclic amines) is 1. The molecule has 2 aliphatic heterocycles. The van der Waals surface area contributed by atoms with Crippen molar-refractivity contribution in [2.75, 3.05) is 20.3 Å². The summed E-state index contributed by atoms with van der Waals surface area (Å²) in [5.74, 6) is 0.747. The number of fused-ring (bicyclic) bond motifs is 1. The van der Waals surface area contributed by atoms with Gasteiger partial charge in [0.15, 0.2) is 0 Å². The summed E-state index contributed by atoms with van der Waals surface area (Å²) in [6.45, 7) is 1.29. The zero-order chi connectivity index (χ0) is 17.3. The van der Waals surface area contributed by atoms with Gasteiger partial charge in [0.05, 0.1) is 24.6 Å². The van der Waals surface area contributed by atoms with Gasteiger partial charge in [0.2, 0.25) is 11.8 Å². The van der Waals surface area contributed by atoms with Gasteiger partial charge in [-0.1, -0.05) is 6.07 Å². The van der Waals surface area contributed by atoms with Gasteiger partial charge in [-0.25, -0.2) is 4.98 Å². The third-order valence-electron chi connectivity index (χ3n) is 5.88. The van der Waals surface area contributed by atoms with Gasteiger partial charge in [-0.3, -0.25) is 4.79 Å². The van der Waals surface area contributed by atoms with Crippen molar-refractivity contribution in [3.8, 4) is 5.88 Å². The molecule has 1 amide bonds. The standard InChI is InChI=1S/C19H26N2O4/c1-23-19(8-5-9-19)12-17(22)21-13-15(18-14(21)6-4-11-24-18)25-16-7-2-3-10-20-16/h2-3,7,10,14-15,18H,4-6,8-9,11-13H2,1H3/t14-,15+,18+/m1/s1. The summed E-state index contributed by atoms with van der Waals surface area (Å²) in [6.07, 6.45) is 6.98. The molecule has 3 fully saturated rings. The van der Waals surface area contributed by atoms with Crippen LogP contribution in [0.2, 0.25) is 0 Å². The Balaban J connectivity index is 1.47. The van der Waals surface area contributed by atoms with E-state index in [0.29, 0.717) is 18.8 Å². The first-order chi connectivity index (χ1) is 12.2. The molecule has 0 spiro atoms. The second-order valence-corrected chi connectivity index (χ2v) is 7.33. The van der Waals surface area contributed by atoms with E-state index in [0.717, 1.165) is 38.7 Å². The predicted molar refractivity (Wildman–Crippen MR) is 91.3 cm³/mol. The SMILES string of the molecule is COC1(CC(=O)N2C[C@H](Oc3ccccn3)[C@H]3OCCC[C@H]32)CCC1. The molecule has 3 aliphatic rings. The molecule has 1 aromatic rings. The molecule has 0 N–H and O–H groups in total. The van der Waals surface area contributed by atoms with Crippen LogP contribution < -0.4 is 4.74 Å². The van der Waals surface area contributed by atoms with Gasteiger partial charge in [-0.2, -0.15) is 0 Å². The monoisotopic (exact) mass is 346 g/mol. The lowest BCUT2D eigenvalue weighted by Gasteiger charge is -2.41. The molecule has 0 aromatic carbocycles. The van der Waals surface area contributed by atoms with Gasteiger partial charge in [0.1, 0.15) is 12.2 Å². The number of pyridine rings is 1. The van der Waals surface area contributed by atoms with Crippen LogP contribution in [0.5, 0.6) is 5.88 Å². The first-order valence-electron chi connectivity index (χ1n) is 9.25. The minimum absolute atomic E-state index is 0.0698. The minimum atomic E-state index is -0.248. The average Bonchev–Trinajstić information content (AvgIpc) is 2.98. The topological polar surface area (TPSA) is 60.9 Å². The van der Waals surface area contributed by atoms with E-state index in [2.05, 4.69) is 4.98 Å².